The maximum atomic E-state index is 12.4. The van der Waals surface area contributed by atoms with Gasteiger partial charge in [0.2, 0.25) is 5.91 Å². The highest BCUT2D eigenvalue weighted by molar-refractivity contribution is 5.84. The van der Waals surface area contributed by atoms with Crippen LogP contribution in [0.4, 0.5) is 0 Å². The zero-order valence-electron chi connectivity index (χ0n) is 11.1. The summed E-state index contributed by atoms with van der Waals surface area (Å²) in [6.07, 6.45) is 0.994. The van der Waals surface area contributed by atoms with E-state index in [2.05, 4.69) is 19.2 Å². The Morgan fingerprint density at radius 3 is 2.56 bits per heavy atom. The first-order chi connectivity index (χ1) is 8.72. The fourth-order valence-corrected chi connectivity index (χ4v) is 2.24. The van der Waals surface area contributed by atoms with Crippen LogP contribution in [0.2, 0.25) is 0 Å². The topological polar surface area (TPSA) is 38.3 Å². The van der Waals surface area contributed by atoms with Gasteiger partial charge in [0, 0.05) is 0 Å². The molecule has 0 bridgehead atoms. The molecule has 3 nitrogen and oxygen atoms in total. The molecule has 98 valence electrons. The molecule has 1 N–H and O–H groups in total. The summed E-state index contributed by atoms with van der Waals surface area (Å²) in [5.74, 6) is 0.411. The lowest BCUT2D eigenvalue weighted by atomic mass is 9.84. The highest BCUT2D eigenvalue weighted by atomic mass is 16.5. The van der Waals surface area contributed by atoms with Crippen LogP contribution in [-0.2, 0) is 9.53 Å². The molecular formula is C15H21NO2. The lowest BCUT2D eigenvalue weighted by molar-refractivity contribution is -0.127. The van der Waals surface area contributed by atoms with Crippen molar-refractivity contribution in [2.45, 2.75) is 32.2 Å². The summed E-state index contributed by atoms with van der Waals surface area (Å²) in [5, 5.41) is 3.07. The van der Waals surface area contributed by atoms with Gasteiger partial charge in [-0.3, -0.25) is 4.79 Å². The standard InChI is InChI=1S/C15H21NO2/c1-3-11(2)14(12-7-5-4-6-8-12)15(17)16-13-9-18-10-13/h4-8,11,13-14H,3,9-10H2,1-2H3,(H,16,17). The molecule has 1 heterocycles. The van der Waals surface area contributed by atoms with Crippen LogP contribution in [0.15, 0.2) is 30.3 Å². The van der Waals surface area contributed by atoms with Crippen molar-refractivity contribution >= 4 is 5.91 Å². The Balaban J connectivity index is 2.11. The summed E-state index contributed by atoms with van der Waals surface area (Å²) in [6.45, 7) is 5.55. The van der Waals surface area contributed by atoms with Gasteiger partial charge in [-0.05, 0) is 11.5 Å². The molecule has 2 rings (SSSR count). The first-order valence-corrected chi connectivity index (χ1v) is 6.65. The predicted octanol–water partition coefficient (Wildman–Crippen LogP) is 2.33. The molecule has 1 fully saturated rings. The number of amides is 1. The van der Waals surface area contributed by atoms with E-state index in [9.17, 15) is 4.79 Å². The van der Waals surface area contributed by atoms with E-state index in [1.165, 1.54) is 0 Å². The zero-order chi connectivity index (χ0) is 13.0. The van der Waals surface area contributed by atoms with Crippen LogP contribution in [-0.4, -0.2) is 25.2 Å². The van der Waals surface area contributed by atoms with Gasteiger partial charge in [-0.1, -0.05) is 50.6 Å². The third-order valence-electron chi connectivity index (χ3n) is 3.64. The molecule has 0 spiro atoms. The molecular weight excluding hydrogens is 226 g/mol. The fraction of sp³-hybridized carbons (Fsp3) is 0.533. The first kappa shape index (κ1) is 13.1. The van der Waals surface area contributed by atoms with Gasteiger partial charge >= 0.3 is 0 Å². The molecule has 2 unspecified atom stereocenters. The third kappa shape index (κ3) is 2.91. The van der Waals surface area contributed by atoms with E-state index in [4.69, 9.17) is 4.74 Å². The minimum atomic E-state index is -0.0585. The predicted molar refractivity (Wildman–Crippen MR) is 71.4 cm³/mol. The van der Waals surface area contributed by atoms with E-state index < -0.39 is 0 Å². The maximum Gasteiger partial charge on any atom is 0.228 e. The van der Waals surface area contributed by atoms with Crippen LogP contribution in [0.25, 0.3) is 0 Å². The van der Waals surface area contributed by atoms with Crippen molar-refractivity contribution in [1.82, 2.24) is 5.32 Å². The second-order valence-corrected chi connectivity index (χ2v) is 5.02. The van der Waals surface area contributed by atoms with Gasteiger partial charge in [-0.2, -0.15) is 0 Å². The Morgan fingerprint density at radius 1 is 1.39 bits per heavy atom. The molecule has 3 heteroatoms. The summed E-state index contributed by atoms with van der Waals surface area (Å²) < 4.78 is 5.09. The van der Waals surface area contributed by atoms with Crippen molar-refractivity contribution in [3.63, 3.8) is 0 Å². The number of rotatable bonds is 5. The largest absolute Gasteiger partial charge is 0.377 e. The van der Waals surface area contributed by atoms with Crippen molar-refractivity contribution in [1.29, 1.82) is 0 Å². The quantitative estimate of drug-likeness (QED) is 0.867. The van der Waals surface area contributed by atoms with E-state index in [0.717, 1.165) is 12.0 Å². The van der Waals surface area contributed by atoms with Crippen molar-refractivity contribution in [3.8, 4) is 0 Å². The van der Waals surface area contributed by atoms with Gasteiger partial charge in [0.1, 0.15) is 0 Å². The normalized spacial score (nSPS) is 18.8. The highest BCUT2D eigenvalue weighted by Gasteiger charge is 2.29. The van der Waals surface area contributed by atoms with E-state index in [1.54, 1.807) is 0 Å². The third-order valence-corrected chi connectivity index (χ3v) is 3.64. The zero-order valence-corrected chi connectivity index (χ0v) is 11.1. The molecule has 2 atom stereocenters. The molecule has 1 aromatic carbocycles. The minimum Gasteiger partial charge on any atom is -0.377 e. The van der Waals surface area contributed by atoms with E-state index in [0.29, 0.717) is 19.1 Å². The van der Waals surface area contributed by atoms with Crippen molar-refractivity contribution < 1.29 is 9.53 Å². The lowest BCUT2D eigenvalue weighted by Crippen LogP contribution is -2.50. The molecule has 0 aliphatic carbocycles. The number of nitrogens with one attached hydrogen (secondary N) is 1. The summed E-state index contributed by atoms with van der Waals surface area (Å²) in [5.41, 5.74) is 1.10. The summed E-state index contributed by atoms with van der Waals surface area (Å²) in [7, 11) is 0. The Kier molecular flexibility index (Phi) is 4.37. The summed E-state index contributed by atoms with van der Waals surface area (Å²) in [6, 6.07) is 10.2. The Bertz CT molecular complexity index is 387. The van der Waals surface area contributed by atoms with E-state index in [1.807, 2.05) is 30.3 Å². The molecule has 0 saturated carbocycles. The van der Waals surface area contributed by atoms with Crippen LogP contribution in [0.5, 0.6) is 0 Å². The van der Waals surface area contributed by atoms with Crippen LogP contribution in [0.3, 0.4) is 0 Å². The maximum absolute atomic E-state index is 12.4. The fourth-order valence-electron chi connectivity index (χ4n) is 2.24. The number of carbonyl (C=O) groups is 1. The second-order valence-electron chi connectivity index (χ2n) is 5.02. The molecule has 0 radical (unpaired) electrons. The lowest BCUT2D eigenvalue weighted by Gasteiger charge is -2.30. The van der Waals surface area contributed by atoms with Gasteiger partial charge < -0.3 is 10.1 Å². The molecule has 0 aromatic heterocycles. The van der Waals surface area contributed by atoms with Crippen molar-refractivity contribution in [2.24, 2.45) is 5.92 Å². The Labute approximate surface area is 109 Å². The van der Waals surface area contributed by atoms with Crippen LogP contribution >= 0.6 is 0 Å². The first-order valence-electron chi connectivity index (χ1n) is 6.65. The second kappa shape index (κ2) is 6.01. The Morgan fingerprint density at radius 2 is 2.06 bits per heavy atom. The highest BCUT2D eigenvalue weighted by Crippen LogP contribution is 2.27. The average Bonchev–Trinajstić information content (AvgIpc) is 2.35. The molecule has 1 aromatic rings. The van der Waals surface area contributed by atoms with E-state index >= 15 is 0 Å². The SMILES string of the molecule is CCC(C)C(C(=O)NC1COC1)c1ccccc1. The average molecular weight is 247 g/mol. The van der Waals surface area contributed by atoms with Gasteiger partial charge in [0.05, 0.1) is 25.2 Å². The summed E-state index contributed by atoms with van der Waals surface area (Å²) >= 11 is 0. The monoisotopic (exact) mass is 247 g/mol. The number of hydrogen-bond acceptors (Lipinski definition) is 2. The number of ether oxygens (including phenoxy) is 1. The number of carbonyl (C=O) groups excluding carboxylic acids is 1. The van der Waals surface area contributed by atoms with Crippen LogP contribution in [0.1, 0.15) is 31.7 Å². The number of benzene rings is 1. The van der Waals surface area contributed by atoms with Gasteiger partial charge in [-0.25, -0.2) is 0 Å². The molecule has 1 amide bonds. The van der Waals surface area contributed by atoms with Crippen LogP contribution in [0, 0.1) is 5.92 Å². The van der Waals surface area contributed by atoms with Gasteiger partial charge in [-0.15, -0.1) is 0 Å². The van der Waals surface area contributed by atoms with Crippen molar-refractivity contribution in [2.75, 3.05) is 13.2 Å². The smallest absolute Gasteiger partial charge is 0.228 e. The van der Waals surface area contributed by atoms with E-state index in [-0.39, 0.29) is 17.9 Å². The molecule has 1 aliphatic rings. The molecule has 18 heavy (non-hydrogen) atoms. The van der Waals surface area contributed by atoms with Crippen molar-refractivity contribution in [3.05, 3.63) is 35.9 Å². The number of hydrogen-bond donors (Lipinski definition) is 1. The molecule has 1 saturated heterocycles. The van der Waals surface area contributed by atoms with Gasteiger partial charge in [0.25, 0.3) is 0 Å². The Hall–Kier alpha value is -1.35. The molecule has 1 aliphatic heterocycles. The summed E-state index contributed by atoms with van der Waals surface area (Å²) in [4.78, 5) is 12.4. The van der Waals surface area contributed by atoms with Crippen LogP contribution < -0.4 is 5.32 Å². The van der Waals surface area contributed by atoms with Gasteiger partial charge in [0.15, 0.2) is 0 Å². The minimum absolute atomic E-state index is 0.0585.